The Morgan fingerprint density at radius 2 is 1.66 bits per heavy atom. The van der Waals surface area contributed by atoms with Crippen molar-refractivity contribution in [2.75, 3.05) is 19.1 Å². The molecule has 7 nitrogen and oxygen atoms in total. The van der Waals surface area contributed by atoms with Gasteiger partial charge in [-0.3, -0.25) is 14.3 Å². The first-order valence-corrected chi connectivity index (χ1v) is 9.94. The molecule has 2 amide bonds. The molecule has 0 saturated heterocycles. The van der Waals surface area contributed by atoms with Gasteiger partial charge in [-0.1, -0.05) is 18.2 Å². The number of hydrogen-bond donors (Lipinski definition) is 0. The van der Waals surface area contributed by atoms with Crippen LogP contribution in [0.4, 0.5) is 19.0 Å². The largest absolute Gasteiger partial charge is 0.496 e. The predicted molar refractivity (Wildman–Crippen MR) is 108 cm³/mol. The van der Waals surface area contributed by atoms with Crippen LogP contribution in [0.5, 0.6) is 5.75 Å². The number of fused-ring (bicyclic) bond motifs is 2. The zero-order valence-corrected chi connectivity index (χ0v) is 17.1. The van der Waals surface area contributed by atoms with E-state index in [0.717, 1.165) is 24.9 Å². The van der Waals surface area contributed by atoms with E-state index in [1.807, 2.05) is 0 Å². The van der Waals surface area contributed by atoms with Crippen LogP contribution in [-0.2, 0) is 4.74 Å². The van der Waals surface area contributed by atoms with Gasteiger partial charge in [0.25, 0.3) is 11.8 Å². The van der Waals surface area contributed by atoms with E-state index in [1.54, 1.807) is 16.8 Å². The second-order valence-electron chi connectivity index (χ2n) is 7.73. The average Bonchev–Trinajstić information content (AvgIpc) is 3.49. The van der Waals surface area contributed by atoms with Crippen molar-refractivity contribution in [2.45, 2.75) is 31.2 Å². The van der Waals surface area contributed by atoms with E-state index >= 15 is 0 Å². The molecule has 1 atom stereocenters. The number of rotatable bonds is 5. The average molecular weight is 445 g/mol. The first-order valence-electron chi connectivity index (χ1n) is 9.94. The molecule has 1 saturated carbocycles. The molecule has 5 rings (SSSR count). The summed E-state index contributed by atoms with van der Waals surface area (Å²) < 4.78 is 52.8. The van der Waals surface area contributed by atoms with Crippen molar-refractivity contribution in [3.63, 3.8) is 0 Å². The molecule has 3 aromatic rings. The highest BCUT2D eigenvalue weighted by molar-refractivity contribution is 6.35. The fraction of sp³-hybridized carbons (Fsp3) is 0.318. The molecule has 1 fully saturated rings. The molecule has 1 unspecified atom stereocenters. The van der Waals surface area contributed by atoms with Gasteiger partial charge in [-0.25, -0.2) is 4.90 Å². The third-order valence-corrected chi connectivity index (χ3v) is 5.76. The Morgan fingerprint density at radius 1 is 1.03 bits per heavy atom. The van der Waals surface area contributed by atoms with Gasteiger partial charge in [-0.05, 0) is 31.0 Å². The fourth-order valence-corrected chi connectivity index (χ4v) is 4.20. The predicted octanol–water partition coefficient (Wildman–Crippen LogP) is 4.43. The number of carbonyl (C=O) groups is 2. The number of nitrogens with zero attached hydrogens (tertiary/aromatic N) is 3. The van der Waals surface area contributed by atoms with Crippen LogP contribution in [0.15, 0.2) is 36.4 Å². The maximum atomic E-state index is 13.7. The van der Waals surface area contributed by atoms with Crippen molar-refractivity contribution in [1.29, 1.82) is 0 Å². The Bertz CT molecular complexity index is 1230. The Hall–Kier alpha value is -3.40. The normalized spacial score (nSPS) is 17.2. The van der Waals surface area contributed by atoms with Crippen molar-refractivity contribution in [3.05, 3.63) is 53.1 Å². The summed E-state index contributed by atoms with van der Waals surface area (Å²) in [6.45, 7) is 0. The van der Waals surface area contributed by atoms with Gasteiger partial charge in [-0.15, -0.1) is 0 Å². The molecular formula is C22H18F3N3O4. The van der Waals surface area contributed by atoms with Crippen LogP contribution in [0.25, 0.3) is 10.9 Å². The molecule has 0 spiro atoms. The summed E-state index contributed by atoms with van der Waals surface area (Å²) in [5, 5.41) is 4.68. The number of carbonyl (C=O) groups excluding carboxylic acids is 2. The molecule has 0 bridgehead atoms. The minimum atomic E-state index is -4.70. The van der Waals surface area contributed by atoms with E-state index in [2.05, 4.69) is 5.10 Å². The molecule has 32 heavy (non-hydrogen) atoms. The highest BCUT2D eigenvalue weighted by atomic mass is 19.4. The summed E-state index contributed by atoms with van der Waals surface area (Å²) in [5.41, 5.74) is 0.651. The van der Waals surface area contributed by atoms with Crippen LogP contribution in [0.2, 0.25) is 0 Å². The van der Waals surface area contributed by atoms with Crippen molar-refractivity contribution in [3.8, 4) is 5.75 Å². The lowest BCUT2D eigenvalue weighted by Crippen LogP contribution is -2.30. The maximum Gasteiger partial charge on any atom is 0.418 e. The van der Waals surface area contributed by atoms with Gasteiger partial charge in [0.05, 0.1) is 35.2 Å². The summed E-state index contributed by atoms with van der Waals surface area (Å²) in [7, 11) is 2.20. The van der Waals surface area contributed by atoms with Crippen LogP contribution >= 0.6 is 0 Å². The number of halogens is 3. The molecule has 2 heterocycles. The Kier molecular flexibility index (Phi) is 4.52. The minimum absolute atomic E-state index is 0.0397. The van der Waals surface area contributed by atoms with Crippen LogP contribution in [0, 0.1) is 0 Å². The summed E-state index contributed by atoms with van der Waals surface area (Å²) in [6, 6.07) is 9.16. The number of imide groups is 1. The maximum absolute atomic E-state index is 13.7. The van der Waals surface area contributed by atoms with Gasteiger partial charge >= 0.3 is 6.18 Å². The van der Waals surface area contributed by atoms with Crippen LogP contribution < -0.4 is 9.64 Å². The zero-order valence-electron chi connectivity index (χ0n) is 17.1. The highest BCUT2D eigenvalue weighted by Gasteiger charge is 2.45. The lowest BCUT2D eigenvalue weighted by molar-refractivity contribution is -0.216. The van der Waals surface area contributed by atoms with E-state index < -0.39 is 24.1 Å². The topological polar surface area (TPSA) is 73.7 Å². The molecule has 0 N–H and O–H groups in total. The molecule has 0 radical (unpaired) electrons. The number of anilines is 1. The molecular weight excluding hydrogens is 427 g/mol. The van der Waals surface area contributed by atoms with E-state index in [-0.39, 0.29) is 39.7 Å². The number of hydrogen-bond acceptors (Lipinski definition) is 5. The number of benzene rings is 2. The van der Waals surface area contributed by atoms with Crippen LogP contribution in [0.3, 0.4) is 0 Å². The number of ether oxygens (including phenoxy) is 2. The lowest BCUT2D eigenvalue weighted by atomic mass is 10.0. The minimum Gasteiger partial charge on any atom is -0.496 e. The third-order valence-electron chi connectivity index (χ3n) is 5.76. The number of alkyl halides is 3. The highest BCUT2D eigenvalue weighted by Crippen LogP contribution is 2.48. The van der Waals surface area contributed by atoms with Crippen LogP contribution in [-0.4, -0.2) is 42.0 Å². The van der Waals surface area contributed by atoms with Gasteiger partial charge in [0.1, 0.15) is 5.75 Å². The second-order valence-corrected chi connectivity index (χ2v) is 7.73. The van der Waals surface area contributed by atoms with E-state index in [4.69, 9.17) is 9.47 Å². The first-order chi connectivity index (χ1) is 15.3. The zero-order chi connectivity index (χ0) is 22.8. The molecule has 1 aliphatic carbocycles. The summed E-state index contributed by atoms with van der Waals surface area (Å²) in [4.78, 5) is 27.1. The van der Waals surface area contributed by atoms with Crippen molar-refractivity contribution in [1.82, 2.24) is 9.78 Å². The third kappa shape index (κ3) is 2.89. The molecule has 1 aromatic heterocycles. The van der Waals surface area contributed by atoms with Gasteiger partial charge in [-0.2, -0.15) is 18.3 Å². The number of amides is 2. The molecule has 2 aliphatic rings. The van der Waals surface area contributed by atoms with Gasteiger partial charge in [0.15, 0.2) is 11.9 Å². The second kappa shape index (κ2) is 7.06. The standard InChI is InChI=1S/C22H18F3N3O4/c1-31-17-14(18(32-2)22(23,24)25)9-10-15-16(17)19(26-28(15)11-7-8-11)27-20(29)12-5-3-4-6-13(12)21(27)30/h3-6,9-11,18H,7-8H2,1-2H3. The Labute approximate surface area is 180 Å². The summed E-state index contributed by atoms with van der Waals surface area (Å²) >= 11 is 0. The first kappa shape index (κ1) is 20.5. The van der Waals surface area contributed by atoms with Gasteiger partial charge < -0.3 is 9.47 Å². The summed E-state index contributed by atoms with van der Waals surface area (Å²) in [6.07, 6.45) is -5.27. The van der Waals surface area contributed by atoms with Gasteiger partial charge in [0, 0.05) is 12.7 Å². The SMILES string of the molecule is COc1c(C(OC)C(F)(F)F)ccc2c1c(N1C(=O)c3ccccc3C1=O)nn2C1CC1. The number of methoxy groups -OCH3 is 2. The van der Waals surface area contributed by atoms with E-state index in [1.165, 1.54) is 31.4 Å². The number of aromatic nitrogens is 2. The van der Waals surface area contributed by atoms with Crippen LogP contribution in [0.1, 0.15) is 51.3 Å². The van der Waals surface area contributed by atoms with E-state index in [9.17, 15) is 22.8 Å². The molecule has 10 heteroatoms. The quantitative estimate of drug-likeness (QED) is 0.544. The van der Waals surface area contributed by atoms with Crippen molar-refractivity contribution in [2.24, 2.45) is 0 Å². The molecule has 2 aromatic carbocycles. The smallest absolute Gasteiger partial charge is 0.418 e. The van der Waals surface area contributed by atoms with Crippen molar-refractivity contribution >= 4 is 28.5 Å². The Morgan fingerprint density at radius 3 is 2.16 bits per heavy atom. The lowest BCUT2D eigenvalue weighted by Gasteiger charge is -2.22. The summed E-state index contributed by atoms with van der Waals surface area (Å²) in [5.74, 6) is -1.35. The van der Waals surface area contributed by atoms with E-state index in [0.29, 0.717) is 5.52 Å². The Balaban J connectivity index is 1.78. The molecule has 166 valence electrons. The monoisotopic (exact) mass is 445 g/mol. The fourth-order valence-electron chi connectivity index (χ4n) is 4.20. The molecule has 1 aliphatic heterocycles. The van der Waals surface area contributed by atoms with Crippen molar-refractivity contribution < 1.29 is 32.2 Å². The van der Waals surface area contributed by atoms with Gasteiger partial charge in [0.2, 0.25) is 0 Å².